The fourth-order valence-corrected chi connectivity index (χ4v) is 3.93. The molecule has 3 atom stereocenters. The van der Waals surface area contributed by atoms with Crippen molar-refractivity contribution in [2.24, 2.45) is 11.8 Å². The van der Waals surface area contributed by atoms with Crippen LogP contribution in [-0.2, 0) is 6.18 Å². The number of rotatable bonds is 5. The molecular weight excluding hydrogens is 285 g/mol. The van der Waals surface area contributed by atoms with Crippen LogP contribution in [0.5, 0.6) is 0 Å². The summed E-state index contributed by atoms with van der Waals surface area (Å²) in [6.07, 6.45) is 1.47. The smallest absolute Gasteiger partial charge is 0.309 e. The van der Waals surface area contributed by atoms with E-state index in [1.54, 1.807) is 0 Å². The summed E-state index contributed by atoms with van der Waals surface area (Å²) in [5.74, 6) is 0.976. The van der Waals surface area contributed by atoms with Crippen molar-refractivity contribution in [1.82, 2.24) is 10.3 Å². The lowest BCUT2D eigenvalue weighted by Gasteiger charge is -2.27. The molecule has 114 valence electrons. The molecule has 1 fully saturated rings. The molecule has 1 heterocycles. The standard InChI is InChI=1S/C14H21F3N2S/c1-3-7-18-12(10-6-4-5-9(10)2)11-8-19-13(20-11)14(15,16)17/h8-10,12,18H,3-7H2,1-2H3. The Balaban J connectivity index is 2.19. The molecule has 0 amide bonds. The number of hydrogen-bond donors (Lipinski definition) is 1. The van der Waals surface area contributed by atoms with E-state index in [0.29, 0.717) is 11.8 Å². The zero-order valence-electron chi connectivity index (χ0n) is 11.8. The Kier molecular flexibility index (Phi) is 5.07. The Bertz CT molecular complexity index is 430. The molecule has 1 aromatic heterocycles. The lowest BCUT2D eigenvalue weighted by atomic mass is 9.89. The van der Waals surface area contributed by atoms with Gasteiger partial charge in [0, 0.05) is 17.1 Å². The van der Waals surface area contributed by atoms with Gasteiger partial charge in [0.15, 0.2) is 5.01 Å². The topological polar surface area (TPSA) is 24.9 Å². The van der Waals surface area contributed by atoms with Crippen molar-refractivity contribution in [2.45, 2.75) is 51.7 Å². The molecule has 3 unspecified atom stereocenters. The number of thiazole rings is 1. The van der Waals surface area contributed by atoms with Crippen LogP contribution >= 0.6 is 11.3 Å². The second-order valence-corrected chi connectivity index (χ2v) is 6.63. The van der Waals surface area contributed by atoms with E-state index >= 15 is 0 Å². The molecule has 20 heavy (non-hydrogen) atoms. The summed E-state index contributed by atoms with van der Waals surface area (Å²) in [7, 11) is 0. The minimum atomic E-state index is -4.33. The molecule has 1 saturated carbocycles. The molecule has 2 nitrogen and oxygen atoms in total. The first-order chi connectivity index (χ1) is 9.43. The second kappa shape index (κ2) is 6.43. The predicted molar refractivity (Wildman–Crippen MR) is 74.7 cm³/mol. The average molecular weight is 306 g/mol. The third-order valence-corrected chi connectivity index (χ3v) is 5.17. The summed E-state index contributed by atoms with van der Waals surface area (Å²) in [4.78, 5) is 4.29. The van der Waals surface area contributed by atoms with E-state index in [1.165, 1.54) is 19.0 Å². The van der Waals surface area contributed by atoms with Crippen molar-refractivity contribution < 1.29 is 13.2 Å². The SMILES string of the molecule is CCCNC(c1cnc(C(F)(F)F)s1)C1CCCC1C. The molecule has 1 N–H and O–H groups in total. The van der Waals surface area contributed by atoms with Crippen LogP contribution < -0.4 is 5.32 Å². The van der Waals surface area contributed by atoms with E-state index in [9.17, 15) is 13.2 Å². The minimum Gasteiger partial charge on any atom is -0.309 e. The maximum atomic E-state index is 12.7. The highest BCUT2D eigenvalue weighted by Gasteiger charge is 2.37. The van der Waals surface area contributed by atoms with Crippen molar-refractivity contribution in [2.75, 3.05) is 6.54 Å². The van der Waals surface area contributed by atoms with Crippen LogP contribution in [0.2, 0.25) is 0 Å². The fraction of sp³-hybridized carbons (Fsp3) is 0.786. The van der Waals surface area contributed by atoms with Crippen molar-refractivity contribution >= 4 is 11.3 Å². The Morgan fingerprint density at radius 2 is 2.20 bits per heavy atom. The maximum absolute atomic E-state index is 12.7. The molecule has 0 spiro atoms. The van der Waals surface area contributed by atoms with Gasteiger partial charge in [-0.2, -0.15) is 13.2 Å². The molecule has 1 aliphatic carbocycles. The Labute approximate surface area is 121 Å². The number of nitrogens with zero attached hydrogens (tertiary/aromatic N) is 1. The van der Waals surface area contributed by atoms with E-state index in [-0.39, 0.29) is 6.04 Å². The molecule has 0 saturated heterocycles. The lowest BCUT2D eigenvalue weighted by molar-refractivity contribution is -0.137. The quantitative estimate of drug-likeness (QED) is 0.857. The van der Waals surface area contributed by atoms with Gasteiger partial charge in [-0.15, -0.1) is 11.3 Å². The highest BCUT2D eigenvalue weighted by Crippen LogP contribution is 2.43. The van der Waals surface area contributed by atoms with Gasteiger partial charge in [0.2, 0.25) is 0 Å². The van der Waals surface area contributed by atoms with Gasteiger partial charge in [0.05, 0.1) is 0 Å². The van der Waals surface area contributed by atoms with E-state index in [1.807, 2.05) is 0 Å². The van der Waals surface area contributed by atoms with Gasteiger partial charge in [-0.25, -0.2) is 4.98 Å². The summed E-state index contributed by atoms with van der Waals surface area (Å²) >= 11 is 0.789. The highest BCUT2D eigenvalue weighted by atomic mass is 32.1. The third-order valence-electron chi connectivity index (χ3n) is 4.04. The zero-order chi connectivity index (χ0) is 14.8. The number of halogens is 3. The molecule has 6 heteroatoms. The summed E-state index contributed by atoms with van der Waals surface area (Å²) in [5, 5.41) is 2.69. The van der Waals surface area contributed by atoms with Gasteiger partial charge >= 0.3 is 6.18 Å². The van der Waals surface area contributed by atoms with Crippen LogP contribution in [0.3, 0.4) is 0 Å². The van der Waals surface area contributed by atoms with Gasteiger partial charge in [-0.05, 0) is 31.2 Å². The molecule has 0 aromatic carbocycles. The number of aromatic nitrogens is 1. The Morgan fingerprint density at radius 1 is 1.45 bits per heavy atom. The molecule has 2 rings (SSSR count). The van der Waals surface area contributed by atoms with Crippen LogP contribution in [0.1, 0.15) is 55.5 Å². The molecule has 1 aromatic rings. The molecule has 0 bridgehead atoms. The van der Waals surface area contributed by atoms with E-state index in [4.69, 9.17) is 0 Å². The van der Waals surface area contributed by atoms with Gasteiger partial charge in [-0.3, -0.25) is 0 Å². The summed E-state index contributed by atoms with van der Waals surface area (Å²) in [6.45, 7) is 5.09. The first kappa shape index (κ1) is 15.8. The maximum Gasteiger partial charge on any atom is 0.443 e. The monoisotopic (exact) mass is 306 g/mol. The Hall–Kier alpha value is -0.620. The van der Waals surface area contributed by atoms with Crippen LogP contribution in [0, 0.1) is 11.8 Å². The van der Waals surface area contributed by atoms with Gasteiger partial charge in [0.1, 0.15) is 0 Å². The Morgan fingerprint density at radius 3 is 2.70 bits per heavy atom. The molecule has 0 radical (unpaired) electrons. The van der Waals surface area contributed by atoms with Crippen LogP contribution in [0.15, 0.2) is 6.20 Å². The zero-order valence-corrected chi connectivity index (χ0v) is 12.7. The highest BCUT2D eigenvalue weighted by molar-refractivity contribution is 7.11. The minimum absolute atomic E-state index is 0.0149. The largest absolute Gasteiger partial charge is 0.443 e. The van der Waals surface area contributed by atoms with Gasteiger partial charge in [0.25, 0.3) is 0 Å². The first-order valence-electron chi connectivity index (χ1n) is 7.19. The predicted octanol–water partition coefficient (Wildman–Crippen LogP) is 4.64. The van der Waals surface area contributed by atoms with Crippen molar-refractivity contribution in [3.05, 3.63) is 16.1 Å². The third kappa shape index (κ3) is 3.52. The lowest BCUT2D eigenvalue weighted by Crippen LogP contribution is -2.29. The number of alkyl halides is 3. The summed E-state index contributed by atoms with van der Waals surface area (Å²) in [6, 6.07) is 0.0149. The van der Waals surface area contributed by atoms with E-state index in [2.05, 4.69) is 24.1 Å². The van der Waals surface area contributed by atoms with E-state index < -0.39 is 11.2 Å². The van der Waals surface area contributed by atoms with E-state index in [0.717, 1.165) is 35.6 Å². The van der Waals surface area contributed by atoms with Crippen LogP contribution in [-0.4, -0.2) is 11.5 Å². The first-order valence-corrected chi connectivity index (χ1v) is 8.01. The van der Waals surface area contributed by atoms with Crippen LogP contribution in [0.25, 0.3) is 0 Å². The molecule has 0 aliphatic heterocycles. The second-order valence-electron chi connectivity index (χ2n) is 5.57. The number of hydrogen-bond acceptors (Lipinski definition) is 3. The van der Waals surface area contributed by atoms with Gasteiger partial charge < -0.3 is 5.32 Å². The fourth-order valence-electron chi connectivity index (χ4n) is 2.99. The van der Waals surface area contributed by atoms with Gasteiger partial charge in [-0.1, -0.05) is 26.7 Å². The van der Waals surface area contributed by atoms with Crippen molar-refractivity contribution in [1.29, 1.82) is 0 Å². The van der Waals surface area contributed by atoms with Crippen LogP contribution in [0.4, 0.5) is 13.2 Å². The summed E-state index contributed by atoms with van der Waals surface area (Å²) in [5.41, 5.74) is 0. The number of nitrogens with one attached hydrogen (secondary N) is 1. The van der Waals surface area contributed by atoms with Crippen molar-refractivity contribution in [3.8, 4) is 0 Å². The normalized spacial score (nSPS) is 25.1. The summed E-state index contributed by atoms with van der Waals surface area (Å²) < 4.78 is 38.1. The molecular formula is C14H21F3N2S. The average Bonchev–Trinajstić information content (AvgIpc) is 2.99. The van der Waals surface area contributed by atoms with Crippen molar-refractivity contribution in [3.63, 3.8) is 0 Å². The molecule has 1 aliphatic rings.